The zero-order chi connectivity index (χ0) is 10.8. The maximum Gasteiger partial charge on any atom is 0.0992 e. The van der Waals surface area contributed by atoms with Gasteiger partial charge in [-0.15, -0.1) is 0 Å². The zero-order valence-corrected chi connectivity index (χ0v) is 8.31. The van der Waals surface area contributed by atoms with E-state index < -0.39 is 0 Å². The molecule has 0 unspecified atom stereocenters. The fourth-order valence-corrected chi connectivity index (χ4v) is 1.45. The van der Waals surface area contributed by atoms with Crippen molar-refractivity contribution in [3.05, 3.63) is 36.2 Å². The highest BCUT2D eigenvalue weighted by Crippen LogP contribution is 2.22. The van der Waals surface area contributed by atoms with Gasteiger partial charge in [0, 0.05) is 24.5 Å². The molecule has 0 aliphatic heterocycles. The quantitative estimate of drug-likeness (QED) is 0.707. The van der Waals surface area contributed by atoms with Crippen molar-refractivity contribution in [1.29, 1.82) is 5.26 Å². The van der Waals surface area contributed by atoms with E-state index in [1.807, 2.05) is 19.3 Å². The number of anilines is 1. The van der Waals surface area contributed by atoms with E-state index in [2.05, 4.69) is 11.2 Å². The van der Waals surface area contributed by atoms with Crippen LogP contribution in [0.5, 0.6) is 0 Å². The molecule has 0 saturated carbocycles. The largest absolute Gasteiger partial charge is 0.399 e. The van der Waals surface area contributed by atoms with Crippen LogP contribution in [0.4, 0.5) is 5.69 Å². The van der Waals surface area contributed by atoms with Gasteiger partial charge in [0.15, 0.2) is 0 Å². The van der Waals surface area contributed by atoms with Crippen LogP contribution in [0.15, 0.2) is 30.6 Å². The van der Waals surface area contributed by atoms with Crippen molar-refractivity contribution in [2.45, 2.75) is 0 Å². The Kier molecular flexibility index (Phi) is 2.14. The van der Waals surface area contributed by atoms with E-state index in [1.165, 1.54) is 0 Å². The minimum absolute atomic E-state index is 0.564. The van der Waals surface area contributed by atoms with Gasteiger partial charge in [0.25, 0.3) is 0 Å². The summed E-state index contributed by atoms with van der Waals surface area (Å²) in [5.74, 6) is 0. The zero-order valence-electron chi connectivity index (χ0n) is 8.31. The van der Waals surface area contributed by atoms with Crippen LogP contribution >= 0.6 is 0 Å². The molecule has 1 heterocycles. The van der Waals surface area contributed by atoms with E-state index in [9.17, 15) is 0 Å². The molecule has 2 N–H and O–H groups in total. The fraction of sp³-hybridized carbons (Fsp3) is 0.0909. The van der Waals surface area contributed by atoms with Crippen molar-refractivity contribution in [2.75, 3.05) is 5.73 Å². The summed E-state index contributed by atoms with van der Waals surface area (Å²) in [6, 6.07) is 7.36. The molecule has 2 rings (SSSR count). The molecule has 0 amide bonds. The third kappa shape index (κ3) is 1.81. The lowest BCUT2D eigenvalue weighted by molar-refractivity contribution is 0.768. The van der Waals surface area contributed by atoms with Crippen LogP contribution in [0.2, 0.25) is 0 Å². The number of hydrogen-bond acceptors (Lipinski definition) is 3. The second-order valence-electron chi connectivity index (χ2n) is 3.36. The molecule has 15 heavy (non-hydrogen) atoms. The van der Waals surface area contributed by atoms with Crippen LogP contribution in [0.3, 0.4) is 0 Å². The molecule has 1 aromatic carbocycles. The number of nitrogens with zero attached hydrogens (tertiary/aromatic N) is 3. The van der Waals surface area contributed by atoms with Gasteiger partial charge in [0.2, 0.25) is 0 Å². The average molecular weight is 198 g/mol. The van der Waals surface area contributed by atoms with E-state index in [4.69, 9.17) is 11.0 Å². The van der Waals surface area contributed by atoms with Crippen LogP contribution in [0.25, 0.3) is 11.1 Å². The number of benzene rings is 1. The summed E-state index contributed by atoms with van der Waals surface area (Å²) >= 11 is 0. The molecular weight excluding hydrogens is 188 g/mol. The summed E-state index contributed by atoms with van der Waals surface area (Å²) in [6.45, 7) is 0. The molecular formula is C11H10N4. The summed E-state index contributed by atoms with van der Waals surface area (Å²) in [6.07, 6.45) is 3.63. The lowest BCUT2D eigenvalue weighted by Gasteiger charge is -2.00. The maximum absolute atomic E-state index is 8.81. The van der Waals surface area contributed by atoms with Crippen molar-refractivity contribution in [1.82, 2.24) is 9.78 Å². The van der Waals surface area contributed by atoms with Crippen LogP contribution in [0, 0.1) is 11.3 Å². The summed E-state index contributed by atoms with van der Waals surface area (Å²) in [4.78, 5) is 0. The van der Waals surface area contributed by atoms with E-state index in [-0.39, 0.29) is 0 Å². The van der Waals surface area contributed by atoms with Crippen molar-refractivity contribution in [3.8, 4) is 17.2 Å². The first-order valence-corrected chi connectivity index (χ1v) is 4.49. The number of nitrogen functional groups attached to an aromatic ring is 1. The molecule has 1 aromatic heterocycles. The minimum atomic E-state index is 0.564. The molecule has 0 spiro atoms. The van der Waals surface area contributed by atoms with Gasteiger partial charge in [-0.25, -0.2) is 0 Å². The summed E-state index contributed by atoms with van der Waals surface area (Å²) < 4.78 is 1.71. The van der Waals surface area contributed by atoms with Crippen molar-refractivity contribution in [3.63, 3.8) is 0 Å². The highest BCUT2D eigenvalue weighted by atomic mass is 15.2. The van der Waals surface area contributed by atoms with Gasteiger partial charge in [-0.2, -0.15) is 10.4 Å². The molecule has 0 radical (unpaired) electrons. The topological polar surface area (TPSA) is 67.6 Å². The first-order chi connectivity index (χ1) is 7.19. The number of hydrogen-bond donors (Lipinski definition) is 1. The molecule has 0 fully saturated rings. The average Bonchev–Trinajstić information content (AvgIpc) is 2.64. The smallest absolute Gasteiger partial charge is 0.0992 e. The van der Waals surface area contributed by atoms with Crippen molar-refractivity contribution in [2.24, 2.45) is 7.05 Å². The Morgan fingerprint density at radius 1 is 1.33 bits per heavy atom. The highest BCUT2D eigenvalue weighted by Gasteiger charge is 2.03. The van der Waals surface area contributed by atoms with Crippen molar-refractivity contribution < 1.29 is 0 Å². The SMILES string of the molecule is Cn1cc(-c2cc(N)cc(C#N)c2)cn1. The fourth-order valence-electron chi connectivity index (χ4n) is 1.45. The summed E-state index contributed by atoms with van der Waals surface area (Å²) in [5.41, 5.74) is 8.73. The Bertz CT molecular complexity index is 534. The standard InChI is InChI=1S/C11H10N4/c1-15-7-10(6-14-15)9-2-8(5-12)3-11(13)4-9/h2-4,6-7H,13H2,1H3. The van der Waals surface area contributed by atoms with Gasteiger partial charge in [-0.05, 0) is 23.8 Å². The molecule has 74 valence electrons. The predicted octanol–water partition coefficient (Wildman–Crippen LogP) is 1.54. The molecule has 0 bridgehead atoms. The normalized spacial score (nSPS) is 9.87. The van der Waals surface area contributed by atoms with Gasteiger partial charge in [-0.1, -0.05) is 0 Å². The van der Waals surface area contributed by atoms with Crippen LogP contribution in [0.1, 0.15) is 5.56 Å². The number of nitriles is 1. The number of rotatable bonds is 1. The number of aryl methyl sites for hydroxylation is 1. The molecule has 0 atom stereocenters. The lowest BCUT2D eigenvalue weighted by atomic mass is 10.1. The lowest BCUT2D eigenvalue weighted by Crippen LogP contribution is -1.88. The Labute approximate surface area is 87.6 Å². The Morgan fingerprint density at radius 2 is 2.13 bits per heavy atom. The number of nitrogens with two attached hydrogens (primary N) is 1. The van der Waals surface area contributed by atoms with Crippen LogP contribution in [-0.2, 0) is 7.05 Å². The van der Waals surface area contributed by atoms with E-state index in [0.717, 1.165) is 11.1 Å². The van der Waals surface area contributed by atoms with Gasteiger partial charge in [0.1, 0.15) is 0 Å². The maximum atomic E-state index is 8.81. The predicted molar refractivity (Wildman–Crippen MR) is 57.8 cm³/mol. The third-order valence-corrected chi connectivity index (χ3v) is 2.12. The van der Waals surface area contributed by atoms with Gasteiger partial charge in [-0.3, -0.25) is 4.68 Å². The monoisotopic (exact) mass is 198 g/mol. The second kappa shape index (κ2) is 3.46. The van der Waals surface area contributed by atoms with Gasteiger partial charge in [0.05, 0.1) is 17.8 Å². The summed E-state index contributed by atoms with van der Waals surface area (Å²) in [7, 11) is 1.85. The first kappa shape index (κ1) is 9.28. The van der Waals surface area contributed by atoms with E-state index >= 15 is 0 Å². The molecule has 0 saturated heterocycles. The number of aromatic nitrogens is 2. The Morgan fingerprint density at radius 3 is 2.73 bits per heavy atom. The van der Waals surface area contributed by atoms with Crippen LogP contribution in [-0.4, -0.2) is 9.78 Å². The first-order valence-electron chi connectivity index (χ1n) is 4.49. The third-order valence-electron chi connectivity index (χ3n) is 2.12. The molecule has 0 aliphatic rings. The summed E-state index contributed by atoms with van der Waals surface area (Å²) in [5, 5.41) is 12.9. The molecule has 2 aromatic rings. The van der Waals surface area contributed by atoms with Crippen molar-refractivity contribution >= 4 is 5.69 Å². The minimum Gasteiger partial charge on any atom is -0.399 e. The Hall–Kier alpha value is -2.28. The Balaban J connectivity index is 2.54. The van der Waals surface area contributed by atoms with E-state index in [0.29, 0.717) is 11.3 Å². The molecule has 4 heteroatoms. The van der Waals surface area contributed by atoms with Gasteiger partial charge < -0.3 is 5.73 Å². The second-order valence-corrected chi connectivity index (χ2v) is 3.36. The van der Waals surface area contributed by atoms with Crippen LogP contribution < -0.4 is 5.73 Å². The van der Waals surface area contributed by atoms with Gasteiger partial charge >= 0.3 is 0 Å². The highest BCUT2D eigenvalue weighted by molar-refractivity contribution is 5.68. The molecule has 0 aliphatic carbocycles. The van der Waals surface area contributed by atoms with E-state index in [1.54, 1.807) is 23.0 Å². The molecule has 4 nitrogen and oxygen atoms in total.